The van der Waals surface area contributed by atoms with Crippen LogP contribution in [0.4, 0.5) is 4.79 Å². The van der Waals surface area contributed by atoms with Gasteiger partial charge in [-0.05, 0) is 17.3 Å². The third kappa shape index (κ3) is 1.39. The predicted molar refractivity (Wildman–Crippen MR) is 49.1 cm³/mol. The van der Waals surface area contributed by atoms with Crippen molar-refractivity contribution in [3.8, 4) is 5.88 Å². The van der Waals surface area contributed by atoms with Crippen molar-refractivity contribution in [1.82, 2.24) is 10.5 Å². The van der Waals surface area contributed by atoms with Gasteiger partial charge in [0.2, 0.25) is 0 Å². The Morgan fingerprint density at radius 1 is 1.50 bits per heavy atom. The number of hydrogen-bond acceptors (Lipinski definition) is 4. The predicted octanol–water partition coefficient (Wildman–Crippen LogP) is 1.55. The van der Waals surface area contributed by atoms with Crippen LogP contribution in [0.5, 0.6) is 5.88 Å². The zero-order valence-corrected chi connectivity index (χ0v) is 7.48. The molecule has 0 aliphatic rings. The number of para-hydroxylation sites is 1. The largest absolute Gasteiger partial charge is 0.413 e. The van der Waals surface area contributed by atoms with Crippen molar-refractivity contribution in [1.29, 1.82) is 0 Å². The molecule has 1 amide bonds. The average molecular weight is 192 g/mol. The quantitative estimate of drug-likeness (QED) is 0.744. The van der Waals surface area contributed by atoms with E-state index in [0.717, 1.165) is 0 Å². The summed E-state index contributed by atoms with van der Waals surface area (Å²) < 4.78 is 9.80. The van der Waals surface area contributed by atoms with Gasteiger partial charge in [0.15, 0.2) is 5.58 Å². The van der Waals surface area contributed by atoms with Crippen LogP contribution >= 0.6 is 0 Å². The van der Waals surface area contributed by atoms with Crippen molar-refractivity contribution in [3.63, 3.8) is 0 Å². The van der Waals surface area contributed by atoms with Crippen LogP contribution in [-0.2, 0) is 0 Å². The minimum Gasteiger partial charge on any atom is -0.387 e. The number of nitrogens with zero attached hydrogens (tertiary/aromatic N) is 1. The van der Waals surface area contributed by atoms with Crippen LogP contribution < -0.4 is 10.1 Å². The van der Waals surface area contributed by atoms with E-state index in [1.54, 1.807) is 12.1 Å². The number of aromatic nitrogens is 1. The second kappa shape index (κ2) is 3.37. The normalized spacial score (nSPS) is 10.1. The lowest BCUT2D eigenvalue weighted by Gasteiger charge is -1.97. The SMILES string of the molecule is CNC(=O)Oc1noc2ccccc12. The summed E-state index contributed by atoms with van der Waals surface area (Å²) in [5.74, 6) is 0.181. The molecule has 1 N–H and O–H groups in total. The Hall–Kier alpha value is -2.04. The molecule has 14 heavy (non-hydrogen) atoms. The number of carbonyl (C=O) groups excluding carboxylic acids is 1. The van der Waals surface area contributed by atoms with Crippen molar-refractivity contribution in [2.75, 3.05) is 7.05 Å². The Kier molecular flexibility index (Phi) is 2.06. The highest BCUT2D eigenvalue weighted by atomic mass is 16.6. The Morgan fingerprint density at radius 2 is 2.29 bits per heavy atom. The molecule has 1 aromatic heterocycles. The van der Waals surface area contributed by atoms with Gasteiger partial charge in [-0.15, -0.1) is 0 Å². The van der Waals surface area contributed by atoms with Crippen LogP contribution in [0.3, 0.4) is 0 Å². The van der Waals surface area contributed by atoms with E-state index in [1.807, 2.05) is 12.1 Å². The maximum atomic E-state index is 10.9. The van der Waals surface area contributed by atoms with Gasteiger partial charge in [-0.3, -0.25) is 0 Å². The lowest BCUT2D eigenvalue weighted by molar-refractivity contribution is 0.199. The van der Waals surface area contributed by atoms with E-state index in [9.17, 15) is 4.79 Å². The summed E-state index contributed by atoms with van der Waals surface area (Å²) in [5, 5.41) is 6.63. The highest BCUT2D eigenvalue weighted by molar-refractivity contribution is 5.84. The monoisotopic (exact) mass is 192 g/mol. The van der Waals surface area contributed by atoms with Crippen molar-refractivity contribution in [3.05, 3.63) is 24.3 Å². The zero-order chi connectivity index (χ0) is 9.97. The number of rotatable bonds is 1. The second-order valence-corrected chi connectivity index (χ2v) is 2.62. The molecule has 1 heterocycles. The molecule has 1 aromatic carbocycles. The van der Waals surface area contributed by atoms with Crippen molar-refractivity contribution in [2.45, 2.75) is 0 Å². The molecule has 0 fully saturated rings. The summed E-state index contributed by atoms with van der Waals surface area (Å²) in [5.41, 5.74) is 0.589. The third-order valence-corrected chi connectivity index (χ3v) is 1.74. The maximum Gasteiger partial charge on any atom is 0.413 e. The molecule has 0 spiro atoms. The molecule has 0 unspecified atom stereocenters. The van der Waals surface area contributed by atoms with E-state index in [4.69, 9.17) is 9.26 Å². The first kappa shape index (κ1) is 8.55. The fourth-order valence-electron chi connectivity index (χ4n) is 1.08. The topological polar surface area (TPSA) is 64.4 Å². The van der Waals surface area contributed by atoms with E-state index in [2.05, 4.69) is 10.5 Å². The van der Waals surface area contributed by atoms with Crippen LogP contribution in [0.15, 0.2) is 28.8 Å². The minimum absolute atomic E-state index is 0.181. The summed E-state index contributed by atoms with van der Waals surface area (Å²) >= 11 is 0. The molecular weight excluding hydrogens is 184 g/mol. The zero-order valence-electron chi connectivity index (χ0n) is 7.48. The summed E-state index contributed by atoms with van der Waals surface area (Å²) in [7, 11) is 1.48. The van der Waals surface area contributed by atoms with Crippen LogP contribution in [-0.4, -0.2) is 18.3 Å². The summed E-state index contributed by atoms with van der Waals surface area (Å²) in [4.78, 5) is 10.9. The molecule has 0 bridgehead atoms. The van der Waals surface area contributed by atoms with E-state index < -0.39 is 6.09 Å². The Labute approximate surface area is 79.6 Å². The van der Waals surface area contributed by atoms with E-state index in [0.29, 0.717) is 11.0 Å². The summed E-state index contributed by atoms with van der Waals surface area (Å²) in [6.45, 7) is 0. The summed E-state index contributed by atoms with van der Waals surface area (Å²) in [6.07, 6.45) is -0.566. The maximum absolute atomic E-state index is 10.9. The fraction of sp³-hybridized carbons (Fsp3) is 0.111. The Balaban J connectivity index is 2.38. The fourth-order valence-corrected chi connectivity index (χ4v) is 1.08. The molecule has 2 aromatic rings. The minimum atomic E-state index is -0.566. The average Bonchev–Trinajstić information content (AvgIpc) is 2.62. The summed E-state index contributed by atoms with van der Waals surface area (Å²) in [6, 6.07) is 7.15. The van der Waals surface area contributed by atoms with Crippen LogP contribution in [0.25, 0.3) is 11.0 Å². The highest BCUT2D eigenvalue weighted by Gasteiger charge is 2.11. The van der Waals surface area contributed by atoms with Gasteiger partial charge in [-0.25, -0.2) is 4.79 Å². The molecule has 2 rings (SSSR count). The Bertz CT molecular complexity index is 464. The van der Waals surface area contributed by atoms with E-state index >= 15 is 0 Å². The smallest absolute Gasteiger partial charge is 0.387 e. The van der Waals surface area contributed by atoms with Crippen LogP contribution in [0.2, 0.25) is 0 Å². The van der Waals surface area contributed by atoms with Gasteiger partial charge in [0.1, 0.15) is 0 Å². The number of carbonyl (C=O) groups is 1. The van der Waals surface area contributed by atoms with Gasteiger partial charge >= 0.3 is 6.09 Å². The molecule has 0 saturated heterocycles. The third-order valence-electron chi connectivity index (χ3n) is 1.74. The van der Waals surface area contributed by atoms with Gasteiger partial charge in [0.25, 0.3) is 5.88 Å². The highest BCUT2D eigenvalue weighted by Crippen LogP contribution is 2.23. The standard InChI is InChI=1S/C9H8N2O3/c1-10-9(12)13-8-6-4-2-3-5-7(6)14-11-8/h2-5H,1H3,(H,10,12). The Morgan fingerprint density at radius 3 is 3.07 bits per heavy atom. The first-order valence-corrected chi connectivity index (χ1v) is 4.05. The molecule has 0 aliphatic carbocycles. The number of hydrogen-bond donors (Lipinski definition) is 1. The van der Waals surface area contributed by atoms with Gasteiger partial charge < -0.3 is 14.6 Å². The van der Waals surface area contributed by atoms with Gasteiger partial charge in [-0.1, -0.05) is 12.1 Å². The number of benzene rings is 1. The number of nitrogens with one attached hydrogen (secondary N) is 1. The number of amides is 1. The van der Waals surface area contributed by atoms with Crippen LogP contribution in [0.1, 0.15) is 0 Å². The number of ether oxygens (including phenoxy) is 1. The van der Waals surface area contributed by atoms with Gasteiger partial charge in [0.05, 0.1) is 5.39 Å². The lowest BCUT2D eigenvalue weighted by atomic mass is 10.3. The number of fused-ring (bicyclic) bond motifs is 1. The first-order chi connectivity index (χ1) is 6.81. The van der Waals surface area contributed by atoms with E-state index in [-0.39, 0.29) is 5.88 Å². The van der Waals surface area contributed by atoms with Crippen molar-refractivity contribution in [2.24, 2.45) is 0 Å². The molecule has 0 aliphatic heterocycles. The molecule has 0 saturated carbocycles. The molecular formula is C9H8N2O3. The molecule has 5 heteroatoms. The molecule has 0 radical (unpaired) electrons. The van der Waals surface area contributed by atoms with Crippen molar-refractivity contribution < 1.29 is 14.1 Å². The van der Waals surface area contributed by atoms with E-state index in [1.165, 1.54) is 7.05 Å². The first-order valence-electron chi connectivity index (χ1n) is 4.05. The lowest BCUT2D eigenvalue weighted by Crippen LogP contribution is -2.22. The second-order valence-electron chi connectivity index (χ2n) is 2.62. The van der Waals surface area contributed by atoms with Crippen molar-refractivity contribution >= 4 is 17.1 Å². The molecule has 72 valence electrons. The van der Waals surface area contributed by atoms with Gasteiger partial charge in [-0.2, -0.15) is 0 Å². The molecule has 5 nitrogen and oxygen atoms in total. The molecule has 0 atom stereocenters. The van der Waals surface area contributed by atoms with Gasteiger partial charge in [0, 0.05) is 7.05 Å². The van der Waals surface area contributed by atoms with Crippen LogP contribution in [0, 0.1) is 0 Å².